The van der Waals surface area contributed by atoms with Gasteiger partial charge in [-0.05, 0) is 37.1 Å². The minimum atomic E-state index is 0.480. The van der Waals surface area contributed by atoms with Crippen molar-refractivity contribution in [1.29, 1.82) is 0 Å². The Kier molecular flexibility index (Phi) is 4.54. The van der Waals surface area contributed by atoms with E-state index in [-0.39, 0.29) is 0 Å². The SMILES string of the molecule is CCCC(C)CNCC1(CCl)CC1. The van der Waals surface area contributed by atoms with Crippen molar-refractivity contribution < 1.29 is 0 Å². The summed E-state index contributed by atoms with van der Waals surface area (Å²) >= 11 is 5.89. The van der Waals surface area contributed by atoms with Gasteiger partial charge in [-0.15, -0.1) is 11.6 Å². The fourth-order valence-electron chi connectivity index (χ4n) is 1.71. The molecule has 0 radical (unpaired) electrons. The topological polar surface area (TPSA) is 12.0 Å². The van der Waals surface area contributed by atoms with Crippen molar-refractivity contribution in [3.8, 4) is 0 Å². The van der Waals surface area contributed by atoms with E-state index in [9.17, 15) is 0 Å². The van der Waals surface area contributed by atoms with Crippen molar-refractivity contribution in [2.75, 3.05) is 19.0 Å². The molecule has 0 amide bonds. The van der Waals surface area contributed by atoms with Gasteiger partial charge in [0.2, 0.25) is 0 Å². The highest BCUT2D eigenvalue weighted by Gasteiger charge is 2.41. The molecular formula is C11H22ClN. The summed E-state index contributed by atoms with van der Waals surface area (Å²) in [6.07, 6.45) is 5.28. The van der Waals surface area contributed by atoms with E-state index in [1.165, 1.54) is 25.7 Å². The minimum Gasteiger partial charge on any atom is -0.316 e. The summed E-state index contributed by atoms with van der Waals surface area (Å²) in [5.74, 6) is 1.65. The second kappa shape index (κ2) is 5.21. The predicted octanol–water partition coefficient (Wildman–Crippen LogP) is 3.03. The van der Waals surface area contributed by atoms with Gasteiger partial charge in [-0.3, -0.25) is 0 Å². The van der Waals surface area contributed by atoms with Gasteiger partial charge in [-0.25, -0.2) is 0 Å². The Labute approximate surface area is 87.2 Å². The van der Waals surface area contributed by atoms with Crippen LogP contribution in [-0.2, 0) is 0 Å². The normalized spacial score (nSPS) is 21.5. The molecule has 0 spiro atoms. The van der Waals surface area contributed by atoms with E-state index in [0.717, 1.165) is 24.9 Å². The van der Waals surface area contributed by atoms with E-state index in [0.29, 0.717) is 5.41 Å². The summed E-state index contributed by atoms with van der Waals surface area (Å²) in [6, 6.07) is 0. The maximum absolute atomic E-state index is 5.89. The lowest BCUT2D eigenvalue weighted by atomic mass is 10.1. The van der Waals surface area contributed by atoms with Crippen molar-refractivity contribution in [1.82, 2.24) is 5.32 Å². The average molecular weight is 204 g/mol. The van der Waals surface area contributed by atoms with Crippen molar-refractivity contribution in [3.63, 3.8) is 0 Å². The van der Waals surface area contributed by atoms with Crippen molar-refractivity contribution in [3.05, 3.63) is 0 Å². The van der Waals surface area contributed by atoms with Crippen LogP contribution in [-0.4, -0.2) is 19.0 Å². The number of nitrogens with one attached hydrogen (secondary N) is 1. The van der Waals surface area contributed by atoms with Gasteiger partial charge in [-0.1, -0.05) is 20.3 Å². The fraction of sp³-hybridized carbons (Fsp3) is 1.00. The first-order valence-electron chi connectivity index (χ1n) is 5.49. The van der Waals surface area contributed by atoms with Crippen LogP contribution in [0, 0.1) is 11.3 Å². The Morgan fingerprint density at radius 1 is 1.46 bits per heavy atom. The molecule has 0 aromatic carbocycles. The van der Waals surface area contributed by atoms with Gasteiger partial charge >= 0.3 is 0 Å². The summed E-state index contributed by atoms with van der Waals surface area (Å²) in [7, 11) is 0. The number of hydrogen-bond donors (Lipinski definition) is 1. The first kappa shape index (κ1) is 11.3. The molecule has 1 N–H and O–H groups in total. The van der Waals surface area contributed by atoms with Crippen LogP contribution in [0.4, 0.5) is 0 Å². The van der Waals surface area contributed by atoms with Crippen molar-refractivity contribution in [2.45, 2.75) is 39.5 Å². The van der Waals surface area contributed by atoms with Crippen LogP contribution < -0.4 is 5.32 Å². The van der Waals surface area contributed by atoms with Gasteiger partial charge in [0.05, 0.1) is 0 Å². The lowest BCUT2D eigenvalue weighted by Crippen LogP contribution is -2.29. The number of alkyl halides is 1. The third-order valence-electron chi connectivity index (χ3n) is 3.01. The number of rotatable bonds is 7. The molecule has 0 aliphatic heterocycles. The van der Waals surface area contributed by atoms with Gasteiger partial charge in [0.15, 0.2) is 0 Å². The minimum absolute atomic E-state index is 0.480. The quantitative estimate of drug-likeness (QED) is 0.628. The van der Waals surface area contributed by atoms with E-state index < -0.39 is 0 Å². The summed E-state index contributed by atoms with van der Waals surface area (Å²) in [5, 5.41) is 3.54. The van der Waals surface area contributed by atoms with E-state index in [1.54, 1.807) is 0 Å². The Balaban J connectivity index is 2.00. The molecule has 0 aromatic rings. The lowest BCUT2D eigenvalue weighted by Gasteiger charge is -2.15. The highest BCUT2D eigenvalue weighted by molar-refractivity contribution is 6.18. The molecule has 1 rings (SSSR count). The van der Waals surface area contributed by atoms with E-state index >= 15 is 0 Å². The molecule has 1 fully saturated rings. The zero-order valence-corrected chi connectivity index (χ0v) is 9.66. The molecule has 1 aliphatic carbocycles. The molecule has 1 unspecified atom stereocenters. The maximum Gasteiger partial charge on any atom is 0.0292 e. The lowest BCUT2D eigenvalue weighted by molar-refractivity contribution is 0.432. The maximum atomic E-state index is 5.89. The van der Waals surface area contributed by atoms with Gasteiger partial charge < -0.3 is 5.32 Å². The zero-order valence-electron chi connectivity index (χ0n) is 8.91. The highest BCUT2D eigenvalue weighted by atomic mass is 35.5. The molecule has 1 aliphatic rings. The van der Waals surface area contributed by atoms with E-state index in [1.807, 2.05) is 0 Å². The van der Waals surface area contributed by atoms with Crippen LogP contribution in [0.25, 0.3) is 0 Å². The summed E-state index contributed by atoms with van der Waals surface area (Å²) < 4.78 is 0. The highest BCUT2D eigenvalue weighted by Crippen LogP contribution is 2.45. The summed E-state index contributed by atoms with van der Waals surface area (Å²) in [4.78, 5) is 0. The molecule has 13 heavy (non-hydrogen) atoms. The summed E-state index contributed by atoms with van der Waals surface area (Å²) in [6.45, 7) is 6.85. The van der Waals surface area contributed by atoms with Crippen LogP contribution in [0.5, 0.6) is 0 Å². The van der Waals surface area contributed by atoms with Crippen molar-refractivity contribution in [2.24, 2.45) is 11.3 Å². The molecule has 0 saturated heterocycles. The molecule has 1 saturated carbocycles. The Morgan fingerprint density at radius 2 is 2.15 bits per heavy atom. The molecule has 78 valence electrons. The molecule has 0 heterocycles. The largest absolute Gasteiger partial charge is 0.316 e. The fourth-order valence-corrected chi connectivity index (χ4v) is 2.07. The number of halogens is 1. The van der Waals surface area contributed by atoms with Gasteiger partial charge in [0, 0.05) is 12.4 Å². The molecule has 1 atom stereocenters. The van der Waals surface area contributed by atoms with E-state index in [4.69, 9.17) is 11.6 Å². The third kappa shape index (κ3) is 3.86. The van der Waals surface area contributed by atoms with Crippen LogP contribution >= 0.6 is 11.6 Å². The second-order valence-electron chi connectivity index (χ2n) is 4.66. The molecule has 0 aromatic heterocycles. The van der Waals surface area contributed by atoms with Gasteiger partial charge in [0.1, 0.15) is 0 Å². The first-order valence-corrected chi connectivity index (χ1v) is 6.02. The van der Waals surface area contributed by atoms with Gasteiger partial charge in [-0.2, -0.15) is 0 Å². The summed E-state index contributed by atoms with van der Waals surface area (Å²) in [5.41, 5.74) is 0.480. The smallest absolute Gasteiger partial charge is 0.0292 e. The Hall–Kier alpha value is 0.250. The Bertz CT molecular complexity index is 143. The van der Waals surface area contributed by atoms with Crippen LogP contribution in [0.15, 0.2) is 0 Å². The molecule has 2 heteroatoms. The average Bonchev–Trinajstić information content (AvgIpc) is 2.86. The number of hydrogen-bond acceptors (Lipinski definition) is 1. The molecule has 0 bridgehead atoms. The predicted molar refractivity (Wildman–Crippen MR) is 59.3 cm³/mol. The third-order valence-corrected chi connectivity index (χ3v) is 3.58. The Morgan fingerprint density at radius 3 is 2.62 bits per heavy atom. The zero-order chi connectivity index (χ0) is 9.73. The van der Waals surface area contributed by atoms with Crippen LogP contribution in [0.3, 0.4) is 0 Å². The van der Waals surface area contributed by atoms with E-state index in [2.05, 4.69) is 19.2 Å². The monoisotopic (exact) mass is 203 g/mol. The standard InChI is InChI=1S/C11H22ClN/c1-3-4-10(2)7-13-9-11(8-12)5-6-11/h10,13H,3-9H2,1-2H3. The van der Waals surface area contributed by atoms with Crippen LogP contribution in [0.1, 0.15) is 39.5 Å². The van der Waals surface area contributed by atoms with Gasteiger partial charge in [0.25, 0.3) is 0 Å². The molecule has 1 nitrogen and oxygen atoms in total. The molecular weight excluding hydrogens is 182 g/mol. The second-order valence-corrected chi connectivity index (χ2v) is 4.93. The van der Waals surface area contributed by atoms with Crippen molar-refractivity contribution >= 4 is 11.6 Å². The first-order chi connectivity index (χ1) is 6.22. The van der Waals surface area contributed by atoms with Crippen LogP contribution in [0.2, 0.25) is 0 Å².